The van der Waals surface area contributed by atoms with Crippen LogP contribution in [0.5, 0.6) is 0 Å². The number of aromatic nitrogens is 3. The van der Waals surface area contributed by atoms with Crippen LogP contribution in [0.3, 0.4) is 0 Å². The Morgan fingerprint density at radius 3 is 2.51 bits per heavy atom. The summed E-state index contributed by atoms with van der Waals surface area (Å²) < 4.78 is 27.7. The number of nitrogens with zero attached hydrogens (tertiary/aromatic N) is 6. The number of hydrogen-bond donors (Lipinski definition) is 1. The molecule has 0 atom stereocenters. The number of nitrogens with one attached hydrogen (secondary N) is 1. The highest BCUT2D eigenvalue weighted by Crippen LogP contribution is 2.26. The maximum atomic E-state index is 12.2. The quantitative estimate of drug-likeness (QED) is 0.364. The Bertz CT molecular complexity index is 1560. The second-order valence-electron chi connectivity index (χ2n) is 10.6. The van der Waals surface area contributed by atoms with Crippen LogP contribution in [0.2, 0.25) is 0 Å². The van der Waals surface area contributed by atoms with Gasteiger partial charge in [0.1, 0.15) is 11.5 Å². The van der Waals surface area contributed by atoms with Gasteiger partial charge in [0.25, 0.3) is 0 Å². The molecule has 4 heterocycles. The molecule has 0 amide bonds. The minimum Gasteiger partial charge on any atom is -0.368 e. The zero-order chi connectivity index (χ0) is 27.0. The lowest BCUT2D eigenvalue weighted by Gasteiger charge is -2.48. The molecule has 2 aliphatic heterocycles. The molecular weight excluding hydrogens is 510 g/mol. The van der Waals surface area contributed by atoms with Crippen molar-refractivity contribution >= 4 is 32.4 Å². The van der Waals surface area contributed by atoms with Crippen molar-refractivity contribution in [1.29, 1.82) is 0 Å². The van der Waals surface area contributed by atoms with Gasteiger partial charge in [-0.3, -0.25) is 9.21 Å². The van der Waals surface area contributed by atoms with Crippen LogP contribution in [0.15, 0.2) is 67.0 Å². The van der Waals surface area contributed by atoms with E-state index in [-0.39, 0.29) is 0 Å². The van der Waals surface area contributed by atoms with Gasteiger partial charge in [-0.1, -0.05) is 30.3 Å². The molecule has 2 aromatic heterocycles. The second-order valence-corrected chi connectivity index (χ2v) is 12.6. The second kappa shape index (κ2) is 10.6. The molecule has 0 spiro atoms. The van der Waals surface area contributed by atoms with Crippen molar-refractivity contribution in [3.05, 3.63) is 83.9 Å². The molecule has 4 aromatic rings. The Morgan fingerprint density at radius 1 is 1.03 bits per heavy atom. The first kappa shape index (κ1) is 25.8. The Balaban J connectivity index is 1.14. The summed E-state index contributed by atoms with van der Waals surface area (Å²) in [6, 6.07) is 19.0. The largest absolute Gasteiger partial charge is 0.368 e. The van der Waals surface area contributed by atoms with Crippen LogP contribution in [-0.2, 0) is 23.0 Å². The molecule has 1 N–H and O–H groups in total. The Morgan fingerprint density at radius 2 is 1.77 bits per heavy atom. The number of piperazine rings is 1. The Hall–Kier alpha value is -3.47. The summed E-state index contributed by atoms with van der Waals surface area (Å²) in [7, 11) is -1.78. The highest BCUT2D eigenvalue weighted by atomic mass is 32.2. The summed E-state index contributed by atoms with van der Waals surface area (Å²) in [5.41, 5.74) is 4.86. The summed E-state index contributed by atoms with van der Waals surface area (Å²) in [5.74, 6) is 0.763. The highest BCUT2D eigenvalue weighted by Gasteiger charge is 2.32. The van der Waals surface area contributed by atoms with Gasteiger partial charge in [-0.25, -0.2) is 18.4 Å². The molecule has 9 nitrogen and oxygen atoms in total. The third-order valence-electron chi connectivity index (χ3n) is 7.91. The SMILES string of the molecule is CN(c1ccccc1Cn1ccc2cnc(Cc3ccc(N4CC(N5CCNCC5)C4)cc3)nc21)S(C)(=O)=O. The van der Waals surface area contributed by atoms with Crippen LogP contribution >= 0.6 is 0 Å². The number of rotatable bonds is 8. The fraction of sp³-hybridized carbons (Fsp3) is 0.379. The molecule has 10 heteroatoms. The molecule has 0 bridgehead atoms. The first-order chi connectivity index (χ1) is 18.8. The molecule has 204 valence electrons. The molecule has 6 rings (SSSR count). The van der Waals surface area contributed by atoms with Crippen LogP contribution in [0.1, 0.15) is 17.0 Å². The van der Waals surface area contributed by atoms with Crippen molar-refractivity contribution in [2.75, 3.05) is 61.8 Å². The molecule has 2 aromatic carbocycles. The maximum Gasteiger partial charge on any atom is 0.232 e. The molecule has 39 heavy (non-hydrogen) atoms. The lowest BCUT2D eigenvalue weighted by atomic mass is 10.0. The number of sulfonamides is 1. The molecule has 0 unspecified atom stereocenters. The highest BCUT2D eigenvalue weighted by molar-refractivity contribution is 7.92. The third-order valence-corrected chi connectivity index (χ3v) is 9.11. The standard InChI is InChI=1S/C29H35N7O2S/c1-33(39(2,37)38)27-6-4-3-5-24(27)19-35-14-11-23-18-31-28(32-29(23)35)17-22-7-9-25(10-8-22)36-20-26(21-36)34-15-12-30-13-16-34/h3-11,14,18,26,30H,12-13,15-17,19-21H2,1-2H3. The summed E-state index contributed by atoms with van der Waals surface area (Å²) in [6.07, 6.45) is 5.72. The fourth-order valence-corrected chi connectivity index (χ4v) is 6.02. The average Bonchev–Trinajstić information content (AvgIpc) is 3.31. The molecule has 0 aliphatic carbocycles. The van der Waals surface area contributed by atoms with E-state index in [0.717, 1.165) is 61.7 Å². The van der Waals surface area contributed by atoms with Crippen LogP contribution in [0.25, 0.3) is 11.0 Å². The van der Waals surface area contributed by atoms with E-state index < -0.39 is 10.0 Å². The van der Waals surface area contributed by atoms with Gasteiger partial charge < -0.3 is 14.8 Å². The van der Waals surface area contributed by atoms with Crippen molar-refractivity contribution in [2.24, 2.45) is 0 Å². The van der Waals surface area contributed by atoms with Crippen LogP contribution < -0.4 is 14.5 Å². The first-order valence-corrected chi connectivity index (χ1v) is 15.3. The fourth-order valence-electron chi connectivity index (χ4n) is 5.48. The van der Waals surface area contributed by atoms with Gasteiger partial charge in [-0.2, -0.15) is 0 Å². The lowest BCUT2D eigenvalue weighted by molar-refractivity contribution is 0.147. The first-order valence-electron chi connectivity index (χ1n) is 13.5. The van der Waals surface area contributed by atoms with Gasteiger partial charge in [0.2, 0.25) is 10.0 Å². The predicted molar refractivity (Wildman–Crippen MR) is 156 cm³/mol. The van der Waals surface area contributed by atoms with E-state index in [2.05, 4.69) is 48.9 Å². The van der Waals surface area contributed by atoms with Crippen LogP contribution in [-0.4, -0.2) is 86.5 Å². The summed E-state index contributed by atoms with van der Waals surface area (Å²) in [6.45, 7) is 7.19. The van der Waals surface area contributed by atoms with E-state index in [1.807, 2.05) is 42.7 Å². The van der Waals surface area contributed by atoms with Gasteiger partial charge in [-0.15, -0.1) is 0 Å². The zero-order valence-corrected chi connectivity index (χ0v) is 23.3. The summed E-state index contributed by atoms with van der Waals surface area (Å²) >= 11 is 0. The smallest absolute Gasteiger partial charge is 0.232 e. The summed E-state index contributed by atoms with van der Waals surface area (Å²) in [4.78, 5) is 14.6. The van der Waals surface area contributed by atoms with Gasteiger partial charge in [0.05, 0.1) is 18.5 Å². The average molecular weight is 546 g/mol. The van der Waals surface area contributed by atoms with Crippen molar-refractivity contribution in [3.8, 4) is 0 Å². The number of benzene rings is 2. The van der Waals surface area contributed by atoms with Gasteiger partial charge in [-0.05, 0) is 35.4 Å². The molecule has 2 fully saturated rings. The maximum absolute atomic E-state index is 12.2. The van der Waals surface area contributed by atoms with E-state index in [1.54, 1.807) is 7.05 Å². The zero-order valence-electron chi connectivity index (χ0n) is 22.5. The third kappa shape index (κ3) is 5.50. The van der Waals surface area contributed by atoms with E-state index in [9.17, 15) is 8.42 Å². The predicted octanol–water partition coefficient (Wildman–Crippen LogP) is 2.56. The van der Waals surface area contributed by atoms with E-state index in [1.165, 1.54) is 21.8 Å². The monoisotopic (exact) mass is 545 g/mol. The molecular formula is C29H35N7O2S. The lowest BCUT2D eigenvalue weighted by Crippen LogP contribution is -2.62. The van der Waals surface area contributed by atoms with Crippen molar-refractivity contribution in [2.45, 2.75) is 19.0 Å². The van der Waals surface area contributed by atoms with Crippen molar-refractivity contribution in [3.63, 3.8) is 0 Å². The topological polar surface area (TPSA) is 86.6 Å². The molecule has 0 saturated carbocycles. The summed E-state index contributed by atoms with van der Waals surface area (Å²) in [5, 5.41) is 4.39. The van der Waals surface area contributed by atoms with Crippen molar-refractivity contribution in [1.82, 2.24) is 24.8 Å². The van der Waals surface area contributed by atoms with Crippen molar-refractivity contribution < 1.29 is 8.42 Å². The van der Waals surface area contributed by atoms with Crippen LogP contribution in [0, 0.1) is 0 Å². The van der Waals surface area contributed by atoms with Gasteiger partial charge in [0.15, 0.2) is 0 Å². The Labute approximate surface area is 230 Å². The minimum atomic E-state index is -3.36. The number of hydrogen-bond acceptors (Lipinski definition) is 7. The van der Waals surface area contributed by atoms with E-state index in [4.69, 9.17) is 4.98 Å². The number of para-hydroxylation sites is 1. The molecule has 0 radical (unpaired) electrons. The molecule has 2 aliphatic rings. The normalized spacial score (nSPS) is 16.9. The van der Waals surface area contributed by atoms with E-state index in [0.29, 0.717) is 24.7 Å². The van der Waals surface area contributed by atoms with E-state index >= 15 is 0 Å². The van der Waals surface area contributed by atoms with Gasteiger partial charge in [0, 0.05) is 82.2 Å². The number of fused-ring (bicyclic) bond motifs is 1. The molecule has 2 saturated heterocycles. The number of anilines is 2. The van der Waals surface area contributed by atoms with Gasteiger partial charge >= 0.3 is 0 Å². The Kier molecular flexibility index (Phi) is 7.01. The van der Waals surface area contributed by atoms with Crippen LogP contribution in [0.4, 0.5) is 11.4 Å². The minimum absolute atomic E-state index is 0.509.